The number of allylic oxidation sites excluding steroid dienone is 30. The average Bonchev–Trinajstić information content (AvgIpc) is 3.38. The molecule has 0 fully saturated rings. The SMILES string of the molecule is CC/C=C\C/C=C\C/C=C\C/C=C\C/C=C\C/C=C\C/C=C\C/C=C\C/C=C\CCCC(=O)OCC(COC(=O)CCCCCCCC)OC(=O)CC/C=C\C/C=C\C/C=C\C/C=C\C/C=C\C/C=C\CC. The molecule has 1 unspecified atom stereocenters. The van der Waals surface area contributed by atoms with Crippen LogP contribution in [0.25, 0.3) is 0 Å². The molecule has 0 rings (SSSR count). The zero-order valence-corrected chi connectivity index (χ0v) is 45.4. The van der Waals surface area contributed by atoms with Gasteiger partial charge in [-0.15, -0.1) is 0 Å². The van der Waals surface area contributed by atoms with E-state index in [0.29, 0.717) is 19.3 Å². The van der Waals surface area contributed by atoms with Gasteiger partial charge in [0, 0.05) is 19.3 Å². The number of hydrogen-bond donors (Lipinski definition) is 0. The summed E-state index contributed by atoms with van der Waals surface area (Å²) in [5.74, 6) is -1.11. The Morgan fingerprint density at radius 3 is 0.903 bits per heavy atom. The van der Waals surface area contributed by atoms with Gasteiger partial charge in [0.2, 0.25) is 0 Å². The molecule has 398 valence electrons. The van der Waals surface area contributed by atoms with Gasteiger partial charge in [0.25, 0.3) is 0 Å². The Kier molecular flexibility index (Phi) is 53.7. The van der Waals surface area contributed by atoms with Gasteiger partial charge in [-0.2, -0.15) is 0 Å². The standard InChI is InChI=1S/C66H98O6/c1-4-7-10-13-16-18-20-22-24-26-28-29-30-31-32-33-34-35-36-37-39-40-42-44-46-48-50-53-56-59-65(68)71-62-63(61-70-64(67)58-55-52-15-12-9-6-3)72-66(69)60-57-54-51-49-47-45-43-41-38-27-25-23-21-19-17-14-11-8-5-2/h7-8,10-11,16-19,22-25,28-29,31-32,34-35,37-39,41-42,44-45,47-48,50-51,54,63H,4-6,9,12-15,20-21,26-27,30,33,36,40,43,46,49,52-53,55-62H2,1-3H3/b10-7-,11-8-,18-16-,19-17-,24-22-,25-23-,29-28-,32-31-,35-34-,39-37-,41-38-,44-42-,47-45-,50-48-,54-51-. The smallest absolute Gasteiger partial charge is 0.306 e. The first-order chi connectivity index (χ1) is 35.5. The van der Waals surface area contributed by atoms with Gasteiger partial charge in [-0.3, -0.25) is 14.4 Å². The van der Waals surface area contributed by atoms with E-state index in [-0.39, 0.29) is 38.0 Å². The monoisotopic (exact) mass is 987 g/mol. The van der Waals surface area contributed by atoms with Crippen molar-refractivity contribution in [1.82, 2.24) is 0 Å². The maximum Gasteiger partial charge on any atom is 0.306 e. The summed E-state index contributed by atoms with van der Waals surface area (Å²) < 4.78 is 16.6. The lowest BCUT2D eigenvalue weighted by Gasteiger charge is -2.18. The minimum atomic E-state index is -0.849. The van der Waals surface area contributed by atoms with Gasteiger partial charge >= 0.3 is 17.9 Å². The first kappa shape index (κ1) is 66.5. The van der Waals surface area contributed by atoms with E-state index in [2.05, 4.69) is 191 Å². The second-order valence-corrected chi connectivity index (χ2v) is 17.4. The molecule has 72 heavy (non-hydrogen) atoms. The van der Waals surface area contributed by atoms with Crippen molar-refractivity contribution in [3.63, 3.8) is 0 Å². The number of ether oxygens (including phenoxy) is 3. The lowest BCUT2D eigenvalue weighted by Crippen LogP contribution is -2.30. The highest BCUT2D eigenvalue weighted by Gasteiger charge is 2.19. The largest absolute Gasteiger partial charge is 0.462 e. The molecule has 6 heteroatoms. The van der Waals surface area contributed by atoms with Gasteiger partial charge in [-0.25, -0.2) is 0 Å². The summed E-state index contributed by atoms with van der Waals surface area (Å²) in [6, 6.07) is 0. The van der Waals surface area contributed by atoms with Crippen molar-refractivity contribution >= 4 is 17.9 Å². The average molecular weight is 988 g/mol. The van der Waals surface area contributed by atoms with Gasteiger partial charge in [-0.05, 0) is 122 Å². The summed E-state index contributed by atoms with van der Waals surface area (Å²) >= 11 is 0. The van der Waals surface area contributed by atoms with Crippen LogP contribution >= 0.6 is 0 Å². The number of rotatable bonds is 47. The van der Waals surface area contributed by atoms with Crippen LogP contribution in [0.2, 0.25) is 0 Å². The van der Waals surface area contributed by atoms with Crippen molar-refractivity contribution in [2.24, 2.45) is 0 Å². The maximum atomic E-state index is 12.7. The van der Waals surface area contributed by atoms with Crippen LogP contribution in [0.3, 0.4) is 0 Å². The van der Waals surface area contributed by atoms with Crippen LogP contribution < -0.4 is 0 Å². The summed E-state index contributed by atoms with van der Waals surface area (Å²) in [4.78, 5) is 37.8. The van der Waals surface area contributed by atoms with Crippen molar-refractivity contribution in [1.29, 1.82) is 0 Å². The van der Waals surface area contributed by atoms with E-state index in [1.165, 1.54) is 19.3 Å². The summed E-state index contributed by atoms with van der Waals surface area (Å²) in [6.45, 7) is 6.20. The van der Waals surface area contributed by atoms with E-state index in [1.54, 1.807) is 0 Å². The first-order valence-corrected chi connectivity index (χ1v) is 27.8. The Hall–Kier alpha value is -5.49. The Morgan fingerprint density at radius 2 is 0.569 bits per heavy atom. The predicted molar refractivity (Wildman–Crippen MR) is 311 cm³/mol. The molecule has 0 aromatic carbocycles. The van der Waals surface area contributed by atoms with Crippen LogP contribution in [0.1, 0.15) is 194 Å². The molecule has 0 aromatic rings. The molecule has 0 N–H and O–H groups in total. The fourth-order valence-corrected chi connectivity index (χ4v) is 6.58. The number of carbonyl (C=O) groups is 3. The van der Waals surface area contributed by atoms with Crippen molar-refractivity contribution in [2.75, 3.05) is 13.2 Å². The predicted octanol–water partition coefficient (Wildman–Crippen LogP) is 18.9. The molecule has 6 nitrogen and oxygen atoms in total. The Balaban J connectivity index is 4.41. The van der Waals surface area contributed by atoms with E-state index in [1.807, 2.05) is 12.2 Å². The van der Waals surface area contributed by atoms with Crippen LogP contribution in [0.15, 0.2) is 182 Å². The molecule has 0 bridgehead atoms. The molecule has 0 aromatic heterocycles. The van der Waals surface area contributed by atoms with E-state index < -0.39 is 12.1 Å². The molecule has 0 saturated heterocycles. The van der Waals surface area contributed by atoms with Gasteiger partial charge in [-0.1, -0.05) is 235 Å². The minimum Gasteiger partial charge on any atom is -0.462 e. The number of unbranched alkanes of at least 4 members (excludes halogenated alkanes) is 6. The lowest BCUT2D eigenvalue weighted by atomic mass is 10.1. The summed E-state index contributed by atoms with van der Waals surface area (Å²) in [5.41, 5.74) is 0. The summed E-state index contributed by atoms with van der Waals surface area (Å²) in [7, 11) is 0. The first-order valence-electron chi connectivity index (χ1n) is 27.8. The van der Waals surface area contributed by atoms with E-state index in [9.17, 15) is 14.4 Å². The molecule has 1 atom stereocenters. The molecular formula is C66H98O6. The molecular weight excluding hydrogens is 889 g/mol. The molecule has 0 heterocycles. The molecule has 0 radical (unpaired) electrons. The maximum absolute atomic E-state index is 12.7. The molecule has 0 aliphatic heterocycles. The van der Waals surface area contributed by atoms with Gasteiger partial charge in [0.15, 0.2) is 6.10 Å². The van der Waals surface area contributed by atoms with Gasteiger partial charge < -0.3 is 14.2 Å². The molecule has 0 aliphatic rings. The summed E-state index contributed by atoms with van der Waals surface area (Å²) in [5, 5.41) is 0. The zero-order valence-electron chi connectivity index (χ0n) is 45.4. The third-order valence-electron chi connectivity index (χ3n) is 10.7. The zero-order chi connectivity index (χ0) is 52.2. The minimum absolute atomic E-state index is 0.136. The molecule has 0 spiro atoms. The van der Waals surface area contributed by atoms with Crippen LogP contribution in [-0.2, 0) is 28.6 Å². The highest BCUT2D eigenvalue weighted by atomic mass is 16.6. The van der Waals surface area contributed by atoms with Crippen molar-refractivity contribution < 1.29 is 28.6 Å². The fraction of sp³-hybridized carbons (Fsp3) is 0.500. The molecule has 0 saturated carbocycles. The van der Waals surface area contributed by atoms with E-state index in [0.717, 1.165) is 122 Å². The van der Waals surface area contributed by atoms with Crippen molar-refractivity contribution in [3.05, 3.63) is 182 Å². The van der Waals surface area contributed by atoms with E-state index >= 15 is 0 Å². The van der Waals surface area contributed by atoms with Gasteiger partial charge in [0.1, 0.15) is 13.2 Å². The molecule has 0 aliphatic carbocycles. The lowest BCUT2D eigenvalue weighted by molar-refractivity contribution is -0.166. The third kappa shape index (κ3) is 55.4. The van der Waals surface area contributed by atoms with Crippen LogP contribution in [0.5, 0.6) is 0 Å². The molecule has 0 amide bonds. The normalized spacial score (nSPS) is 13.5. The van der Waals surface area contributed by atoms with Crippen molar-refractivity contribution in [2.45, 2.75) is 200 Å². The number of esters is 3. The van der Waals surface area contributed by atoms with Gasteiger partial charge in [0.05, 0.1) is 0 Å². The topological polar surface area (TPSA) is 78.9 Å². The Bertz CT molecular complexity index is 1750. The highest BCUT2D eigenvalue weighted by Crippen LogP contribution is 2.10. The van der Waals surface area contributed by atoms with Crippen molar-refractivity contribution in [3.8, 4) is 0 Å². The second-order valence-electron chi connectivity index (χ2n) is 17.4. The number of hydrogen-bond acceptors (Lipinski definition) is 6. The van der Waals surface area contributed by atoms with Crippen LogP contribution in [0.4, 0.5) is 0 Å². The third-order valence-corrected chi connectivity index (χ3v) is 10.7. The Morgan fingerprint density at radius 1 is 0.292 bits per heavy atom. The number of carbonyl (C=O) groups excluding carboxylic acids is 3. The Labute approximate surface area is 440 Å². The van der Waals surface area contributed by atoms with Crippen LogP contribution in [0, 0.1) is 0 Å². The summed E-state index contributed by atoms with van der Waals surface area (Å²) in [6.07, 6.45) is 87.9. The highest BCUT2D eigenvalue weighted by molar-refractivity contribution is 5.71. The second kappa shape index (κ2) is 58.1. The van der Waals surface area contributed by atoms with E-state index in [4.69, 9.17) is 14.2 Å². The fourth-order valence-electron chi connectivity index (χ4n) is 6.58. The quantitative estimate of drug-likeness (QED) is 0.0262. The van der Waals surface area contributed by atoms with Crippen LogP contribution in [-0.4, -0.2) is 37.2 Å².